The van der Waals surface area contributed by atoms with Gasteiger partial charge in [0.1, 0.15) is 18.0 Å². The SMILES string of the molecule is CC(=O)c1ccccc1OCCn1c(C(F)(F)F)nn2c(=O)cc(C)cc12. The number of nitrogens with zero attached hydrogens (tertiary/aromatic N) is 3. The molecule has 0 aliphatic carbocycles. The van der Waals surface area contributed by atoms with Crippen molar-refractivity contribution in [2.75, 3.05) is 6.61 Å². The van der Waals surface area contributed by atoms with Gasteiger partial charge >= 0.3 is 6.18 Å². The fourth-order valence-corrected chi connectivity index (χ4v) is 2.79. The number of carbonyl (C=O) groups is 1. The third kappa shape index (κ3) is 3.71. The number of para-hydroxylation sites is 1. The van der Waals surface area contributed by atoms with Crippen molar-refractivity contribution in [1.29, 1.82) is 0 Å². The minimum absolute atomic E-state index is 0.0239. The molecule has 0 spiro atoms. The molecule has 6 nitrogen and oxygen atoms in total. The minimum atomic E-state index is -4.73. The molecule has 1 aromatic carbocycles. The molecule has 9 heteroatoms. The van der Waals surface area contributed by atoms with Gasteiger partial charge in [-0.2, -0.15) is 17.7 Å². The first kappa shape index (κ1) is 18.7. The quantitative estimate of drug-likeness (QED) is 0.639. The number of pyridine rings is 1. The lowest BCUT2D eigenvalue weighted by molar-refractivity contribution is -0.147. The van der Waals surface area contributed by atoms with Crippen molar-refractivity contribution in [3.63, 3.8) is 0 Å². The molecular weight excluding hydrogens is 363 g/mol. The highest BCUT2D eigenvalue weighted by Crippen LogP contribution is 2.29. The van der Waals surface area contributed by atoms with Crippen LogP contribution in [0.4, 0.5) is 13.2 Å². The molecule has 2 aromatic heterocycles. The van der Waals surface area contributed by atoms with Crippen LogP contribution in [0.15, 0.2) is 41.2 Å². The number of hydrogen-bond acceptors (Lipinski definition) is 4. The monoisotopic (exact) mass is 379 g/mol. The second-order valence-electron chi connectivity index (χ2n) is 6.01. The van der Waals surface area contributed by atoms with Gasteiger partial charge in [0.25, 0.3) is 5.56 Å². The number of halogens is 3. The van der Waals surface area contributed by atoms with Crippen molar-refractivity contribution in [1.82, 2.24) is 14.2 Å². The van der Waals surface area contributed by atoms with Crippen LogP contribution in [-0.2, 0) is 12.7 Å². The standard InChI is InChI=1S/C18H16F3N3O3/c1-11-9-15-23(17(18(19,20)21)22-24(15)16(26)10-11)7-8-27-14-6-4-3-5-13(14)12(2)25/h3-6,9-10H,7-8H2,1-2H3. The van der Waals surface area contributed by atoms with Gasteiger partial charge in [-0.3, -0.25) is 9.59 Å². The van der Waals surface area contributed by atoms with E-state index in [1.807, 2.05) is 0 Å². The average molecular weight is 379 g/mol. The Morgan fingerprint density at radius 3 is 2.59 bits per heavy atom. The molecule has 2 heterocycles. The highest BCUT2D eigenvalue weighted by molar-refractivity contribution is 5.96. The van der Waals surface area contributed by atoms with E-state index >= 15 is 0 Å². The van der Waals surface area contributed by atoms with Crippen LogP contribution in [-0.4, -0.2) is 26.6 Å². The Morgan fingerprint density at radius 2 is 1.93 bits per heavy atom. The fraction of sp³-hybridized carbons (Fsp3) is 0.278. The predicted octanol–water partition coefficient (Wildman–Crippen LogP) is 3.10. The van der Waals surface area contributed by atoms with Crippen molar-refractivity contribution < 1.29 is 22.7 Å². The van der Waals surface area contributed by atoms with E-state index < -0.39 is 17.6 Å². The largest absolute Gasteiger partial charge is 0.491 e. The van der Waals surface area contributed by atoms with E-state index in [1.54, 1.807) is 31.2 Å². The minimum Gasteiger partial charge on any atom is -0.491 e. The van der Waals surface area contributed by atoms with Gasteiger partial charge in [-0.1, -0.05) is 12.1 Å². The molecule has 0 unspecified atom stereocenters. The first-order valence-corrected chi connectivity index (χ1v) is 8.08. The molecule has 0 N–H and O–H groups in total. The number of ether oxygens (including phenoxy) is 1. The van der Waals surface area contributed by atoms with Crippen LogP contribution in [0.5, 0.6) is 5.75 Å². The van der Waals surface area contributed by atoms with Crippen molar-refractivity contribution in [3.8, 4) is 5.75 Å². The zero-order valence-electron chi connectivity index (χ0n) is 14.6. The Kier molecular flexibility index (Phi) is 4.77. The Hall–Kier alpha value is -3.10. The Labute approximate surface area is 151 Å². The normalized spacial score (nSPS) is 11.7. The van der Waals surface area contributed by atoms with Gasteiger partial charge in [0.2, 0.25) is 5.82 Å². The van der Waals surface area contributed by atoms with Gasteiger partial charge in [-0.05, 0) is 37.6 Å². The Morgan fingerprint density at radius 1 is 1.22 bits per heavy atom. The maximum Gasteiger partial charge on any atom is 0.451 e. The molecule has 3 rings (SSSR count). The summed E-state index contributed by atoms with van der Waals surface area (Å²) < 4.78 is 47.2. The molecule has 0 radical (unpaired) electrons. The number of aromatic nitrogens is 3. The summed E-state index contributed by atoms with van der Waals surface area (Å²) in [5.74, 6) is -1.11. The number of carbonyl (C=O) groups excluding carboxylic acids is 1. The van der Waals surface area contributed by atoms with Crippen molar-refractivity contribution >= 4 is 11.4 Å². The number of fused-ring (bicyclic) bond motifs is 1. The summed E-state index contributed by atoms with van der Waals surface area (Å²) in [6.45, 7) is 2.66. The second-order valence-corrected chi connectivity index (χ2v) is 6.01. The highest BCUT2D eigenvalue weighted by Gasteiger charge is 2.38. The van der Waals surface area contributed by atoms with Crippen LogP contribution >= 0.6 is 0 Å². The number of aryl methyl sites for hydroxylation is 1. The summed E-state index contributed by atoms with van der Waals surface area (Å²) in [6, 6.07) is 9.15. The zero-order chi connectivity index (χ0) is 19.8. The number of rotatable bonds is 5. The molecule has 27 heavy (non-hydrogen) atoms. The van der Waals surface area contributed by atoms with Gasteiger partial charge in [0.15, 0.2) is 5.78 Å². The molecule has 0 aliphatic rings. The maximum atomic E-state index is 13.4. The third-order valence-corrected chi connectivity index (χ3v) is 3.95. The summed E-state index contributed by atoms with van der Waals surface area (Å²) in [5.41, 5.74) is 0.252. The van der Waals surface area contributed by atoms with Crippen LogP contribution in [0.25, 0.3) is 5.65 Å². The molecule has 3 aromatic rings. The van der Waals surface area contributed by atoms with Crippen LogP contribution in [0.3, 0.4) is 0 Å². The molecule has 0 saturated heterocycles. The van der Waals surface area contributed by atoms with Gasteiger partial charge in [0, 0.05) is 6.07 Å². The van der Waals surface area contributed by atoms with Crippen LogP contribution in [0, 0.1) is 6.92 Å². The third-order valence-electron chi connectivity index (χ3n) is 3.95. The lowest BCUT2D eigenvalue weighted by Gasteiger charge is -2.13. The van der Waals surface area contributed by atoms with E-state index in [4.69, 9.17) is 4.74 Å². The summed E-state index contributed by atoms with van der Waals surface area (Å²) in [6.07, 6.45) is -4.73. The van der Waals surface area contributed by atoms with E-state index in [0.717, 1.165) is 9.08 Å². The topological polar surface area (TPSA) is 65.6 Å². The number of Topliss-reactive ketones (excluding diaryl/α,β-unsaturated/α-hetero) is 1. The first-order chi connectivity index (χ1) is 12.7. The maximum absolute atomic E-state index is 13.4. The van der Waals surface area contributed by atoms with Crippen LogP contribution in [0.2, 0.25) is 0 Å². The van der Waals surface area contributed by atoms with Crippen molar-refractivity contribution in [2.24, 2.45) is 0 Å². The molecule has 0 atom stereocenters. The van der Waals surface area contributed by atoms with E-state index in [1.165, 1.54) is 19.1 Å². The number of benzene rings is 1. The lowest BCUT2D eigenvalue weighted by Crippen LogP contribution is -2.18. The number of hydrogen-bond donors (Lipinski definition) is 0. The van der Waals surface area contributed by atoms with Crippen LogP contribution in [0.1, 0.15) is 28.7 Å². The first-order valence-electron chi connectivity index (χ1n) is 8.08. The number of alkyl halides is 3. The molecule has 0 aliphatic heterocycles. The summed E-state index contributed by atoms with van der Waals surface area (Å²) in [4.78, 5) is 23.6. The molecule has 0 saturated carbocycles. The number of ketones is 1. The van der Waals surface area contributed by atoms with Gasteiger partial charge in [0.05, 0.1) is 12.1 Å². The van der Waals surface area contributed by atoms with Crippen molar-refractivity contribution in [2.45, 2.75) is 26.6 Å². The second kappa shape index (κ2) is 6.90. The summed E-state index contributed by atoms with van der Waals surface area (Å²) >= 11 is 0. The van der Waals surface area contributed by atoms with E-state index in [-0.39, 0.29) is 30.3 Å². The smallest absolute Gasteiger partial charge is 0.451 e. The Bertz CT molecular complexity index is 1070. The van der Waals surface area contributed by atoms with E-state index in [0.29, 0.717) is 11.1 Å². The zero-order valence-corrected chi connectivity index (χ0v) is 14.6. The fourth-order valence-electron chi connectivity index (χ4n) is 2.79. The summed E-state index contributed by atoms with van der Waals surface area (Å²) in [5, 5.41) is 3.43. The van der Waals surface area contributed by atoms with E-state index in [9.17, 15) is 22.8 Å². The van der Waals surface area contributed by atoms with Crippen LogP contribution < -0.4 is 10.3 Å². The molecular formula is C18H16F3N3O3. The summed E-state index contributed by atoms with van der Waals surface area (Å²) in [7, 11) is 0. The Balaban J connectivity index is 1.95. The van der Waals surface area contributed by atoms with Gasteiger partial charge < -0.3 is 9.30 Å². The molecule has 142 valence electrons. The van der Waals surface area contributed by atoms with Gasteiger partial charge in [-0.15, -0.1) is 5.10 Å². The highest BCUT2D eigenvalue weighted by atomic mass is 19.4. The van der Waals surface area contributed by atoms with Gasteiger partial charge in [-0.25, -0.2) is 0 Å². The molecule has 0 amide bonds. The van der Waals surface area contributed by atoms with Crippen molar-refractivity contribution in [3.05, 3.63) is 63.7 Å². The van der Waals surface area contributed by atoms with E-state index in [2.05, 4.69) is 5.10 Å². The lowest BCUT2D eigenvalue weighted by atomic mass is 10.1. The molecule has 0 bridgehead atoms. The average Bonchev–Trinajstić information content (AvgIpc) is 2.94. The predicted molar refractivity (Wildman–Crippen MR) is 91.1 cm³/mol. The molecule has 0 fully saturated rings.